The predicted octanol–water partition coefficient (Wildman–Crippen LogP) is 2.54. The molecule has 4 N–H and O–H groups in total. The quantitative estimate of drug-likeness (QED) is 0.485. The summed E-state index contributed by atoms with van der Waals surface area (Å²) in [6, 6.07) is 11.8. The minimum absolute atomic E-state index is 0.0828. The minimum atomic E-state index is -0.337. The summed E-state index contributed by atoms with van der Waals surface area (Å²) in [6.07, 6.45) is 2.59. The molecule has 0 bridgehead atoms. The molecule has 0 saturated carbocycles. The van der Waals surface area contributed by atoms with Gasteiger partial charge in [0.05, 0.1) is 6.17 Å². The number of nitrogens with one attached hydrogen (secondary N) is 4. The van der Waals surface area contributed by atoms with E-state index in [1.807, 2.05) is 13.0 Å². The number of amides is 1. The summed E-state index contributed by atoms with van der Waals surface area (Å²) < 4.78 is 13.3. The van der Waals surface area contributed by atoms with E-state index in [0.717, 1.165) is 12.1 Å². The van der Waals surface area contributed by atoms with Crippen LogP contribution in [-0.2, 0) is 6.54 Å². The average molecular weight is 421 g/mol. The topological polar surface area (TPSA) is 104 Å². The van der Waals surface area contributed by atoms with Crippen molar-refractivity contribution in [2.75, 3.05) is 5.32 Å². The average Bonchev–Trinajstić information content (AvgIpc) is 3.16. The number of anilines is 1. The van der Waals surface area contributed by atoms with Crippen molar-refractivity contribution in [1.82, 2.24) is 31.1 Å². The van der Waals surface area contributed by atoms with Gasteiger partial charge in [-0.15, -0.1) is 0 Å². The molecule has 31 heavy (non-hydrogen) atoms. The Hall–Kier alpha value is -3.43. The Kier molecular flexibility index (Phi) is 6.15. The van der Waals surface area contributed by atoms with Gasteiger partial charge in [0, 0.05) is 36.1 Å². The van der Waals surface area contributed by atoms with Crippen molar-refractivity contribution in [3.63, 3.8) is 0 Å². The van der Waals surface area contributed by atoms with E-state index >= 15 is 0 Å². The van der Waals surface area contributed by atoms with Crippen LogP contribution < -0.4 is 21.5 Å². The highest BCUT2D eigenvalue weighted by Crippen LogP contribution is 2.19. The SMILES string of the molecule is Cc1cc(NC2CC(C)NN2)nc(-c2ccc(C(=O)NCc3cccc(F)c3)nc2)n1. The number of hydrazine groups is 1. The normalized spacial score (nSPS) is 18.0. The van der Waals surface area contributed by atoms with Crippen molar-refractivity contribution in [2.24, 2.45) is 0 Å². The van der Waals surface area contributed by atoms with E-state index in [0.29, 0.717) is 28.8 Å². The van der Waals surface area contributed by atoms with Crippen LogP contribution in [0.15, 0.2) is 48.7 Å². The number of carbonyl (C=O) groups is 1. The van der Waals surface area contributed by atoms with Gasteiger partial charge in [0.25, 0.3) is 5.91 Å². The van der Waals surface area contributed by atoms with Gasteiger partial charge in [-0.05, 0) is 50.1 Å². The Balaban J connectivity index is 1.43. The number of aryl methyl sites for hydroxylation is 1. The van der Waals surface area contributed by atoms with Gasteiger partial charge in [-0.1, -0.05) is 12.1 Å². The summed E-state index contributed by atoms with van der Waals surface area (Å²) in [6.45, 7) is 4.23. The monoisotopic (exact) mass is 421 g/mol. The molecule has 0 radical (unpaired) electrons. The maximum absolute atomic E-state index is 13.3. The number of aromatic nitrogens is 3. The van der Waals surface area contributed by atoms with E-state index in [9.17, 15) is 9.18 Å². The van der Waals surface area contributed by atoms with Crippen LogP contribution in [0.2, 0.25) is 0 Å². The second kappa shape index (κ2) is 9.15. The van der Waals surface area contributed by atoms with Crippen LogP contribution in [-0.4, -0.2) is 33.1 Å². The van der Waals surface area contributed by atoms with E-state index in [1.165, 1.54) is 12.1 Å². The van der Waals surface area contributed by atoms with Gasteiger partial charge in [0.2, 0.25) is 0 Å². The molecule has 0 spiro atoms. The first-order chi connectivity index (χ1) is 15.0. The second-order valence-corrected chi connectivity index (χ2v) is 7.59. The lowest BCUT2D eigenvalue weighted by molar-refractivity contribution is 0.0946. The first-order valence-electron chi connectivity index (χ1n) is 10.1. The van der Waals surface area contributed by atoms with Crippen LogP contribution in [0.1, 0.15) is 35.1 Å². The van der Waals surface area contributed by atoms with Crippen molar-refractivity contribution in [2.45, 2.75) is 39.0 Å². The molecule has 1 aliphatic heterocycles. The molecule has 9 heteroatoms. The summed E-state index contributed by atoms with van der Waals surface area (Å²) in [7, 11) is 0. The van der Waals surface area contributed by atoms with Crippen molar-refractivity contribution in [1.29, 1.82) is 0 Å². The van der Waals surface area contributed by atoms with Crippen LogP contribution in [0.4, 0.5) is 10.2 Å². The standard InChI is InChI=1S/C22H24FN7O/c1-13-8-19(27-20-9-14(2)29-30-20)28-21(26-13)16-6-7-18(24-12-16)22(31)25-11-15-4-3-5-17(23)10-15/h3-8,10,12,14,20,29-30H,9,11H2,1-2H3,(H,25,31)(H,26,27,28). The molecule has 1 saturated heterocycles. The molecule has 4 rings (SSSR count). The number of carbonyl (C=O) groups excluding carboxylic acids is 1. The summed E-state index contributed by atoms with van der Waals surface area (Å²) in [4.78, 5) is 25.7. The molecule has 3 aromatic rings. The molecule has 1 amide bonds. The van der Waals surface area contributed by atoms with Crippen molar-refractivity contribution >= 4 is 11.7 Å². The number of nitrogens with zero attached hydrogens (tertiary/aromatic N) is 3. The van der Waals surface area contributed by atoms with Gasteiger partial charge in [0.1, 0.15) is 17.3 Å². The Labute approximate surface area is 179 Å². The molecule has 8 nitrogen and oxygen atoms in total. The van der Waals surface area contributed by atoms with Crippen molar-refractivity contribution in [3.8, 4) is 11.4 Å². The summed E-state index contributed by atoms with van der Waals surface area (Å²) in [5.74, 6) is 0.571. The van der Waals surface area contributed by atoms with Crippen LogP contribution in [0.5, 0.6) is 0 Å². The molecule has 0 aliphatic carbocycles. The molecule has 1 aromatic carbocycles. The van der Waals surface area contributed by atoms with Crippen LogP contribution in [0.25, 0.3) is 11.4 Å². The first kappa shape index (κ1) is 20.8. The third kappa shape index (κ3) is 5.39. The fourth-order valence-electron chi connectivity index (χ4n) is 3.34. The van der Waals surface area contributed by atoms with Crippen LogP contribution >= 0.6 is 0 Å². The molecule has 2 atom stereocenters. The minimum Gasteiger partial charge on any atom is -0.353 e. The molecule has 1 aliphatic rings. The number of rotatable bonds is 6. The van der Waals surface area contributed by atoms with Gasteiger partial charge in [-0.3, -0.25) is 15.2 Å². The maximum Gasteiger partial charge on any atom is 0.270 e. The van der Waals surface area contributed by atoms with Crippen LogP contribution in [0.3, 0.4) is 0 Å². The number of pyridine rings is 1. The van der Waals surface area contributed by atoms with E-state index in [-0.39, 0.29) is 30.1 Å². The van der Waals surface area contributed by atoms with Gasteiger partial charge < -0.3 is 10.6 Å². The highest BCUT2D eigenvalue weighted by atomic mass is 19.1. The maximum atomic E-state index is 13.3. The Morgan fingerprint density at radius 2 is 2.06 bits per heavy atom. The highest BCUT2D eigenvalue weighted by Gasteiger charge is 2.20. The van der Waals surface area contributed by atoms with E-state index in [1.54, 1.807) is 30.5 Å². The Morgan fingerprint density at radius 1 is 1.19 bits per heavy atom. The summed E-state index contributed by atoms with van der Waals surface area (Å²) >= 11 is 0. The Morgan fingerprint density at radius 3 is 2.77 bits per heavy atom. The van der Waals surface area contributed by atoms with E-state index in [2.05, 4.69) is 43.4 Å². The lowest BCUT2D eigenvalue weighted by atomic mass is 10.2. The molecule has 160 valence electrons. The molecular formula is C22H24FN7O. The first-order valence-corrected chi connectivity index (χ1v) is 10.1. The number of benzene rings is 1. The molecule has 2 aromatic heterocycles. The fourth-order valence-corrected chi connectivity index (χ4v) is 3.34. The zero-order valence-corrected chi connectivity index (χ0v) is 17.3. The predicted molar refractivity (Wildman–Crippen MR) is 115 cm³/mol. The lowest BCUT2D eigenvalue weighted by Gasteiger charge is -2.14. The zero-order chi connectivity index (χ0) is 21.8. The lowest BCUT2D eigenvalue weighted by Crippen LogP contribution is -2.36. The molecule has 2 unspecified atom stereocenters. The second-order valence-electron chi connectivity index (χ2n) is 7.59. The van der Waals surface area contributed by atoms with E-state index < -0.39 is 0 Å². The van der Waals surface area contributed by atoms with Gasteiger partial charge >= 0.3 is 0 Å². The third-order valence-corrected chi connectivity index (χ3v) is 4.87. The smallest absolute Gasteiger partial charge is 0.270 e. The third-order valence-electron chi connectivity index (χ3n) is 4.87. The zero-order valence-electron chi connectivity index (χ0n) is 17.3. The largest absolute Gasteiger partial charge is 0.353 e. The Bertz CT molecular complexity index is 1070. The molecule has 1 fully saturated rings. The van der Waals surface area contributed by atoms with Crippen molar-refractivity contribution < 1.29 is 9.18 Å². The fraction of sp³-hybridized carbons (Fsp3) is 0.273. The highest BCUT2D eigenvalue weighted by molar-refractivity contribution is 5.92. The number of hydrogen-bond donors (Lipinski definition) is 4. The summed E-state index contributed by atoms with van der Waals surface area (Å²) in [5.41, 5.74) is 8.83. The van der Waals surface area contributed by atoms with Crippen molar-refractivity contribution in [3.05, 3.63) is 71.4 Å². The molecular weight excluding hydrogens is 397 g/mol. The van der Waals surface area contributed by atoms with Gasteiger partial charge in [-0.25, -0.2) is 19.8 Å². The van der Waals surface area contributed by atoms with Gasteiger partial charge in [0.15, 0.2) is 5.82 Å². The van der Waals surface area contributed by atoms with Crippen LogP contribution in [0, 0.1) is 12.7 Å². The molecule has 3 heterocycles. The number of hydrogen-bond acceptors (Lipinski definition) is 7. The number of halogens is 1. The van der Waals surface area contributed by atoms with E-state index in [4.69, 9.17) is 0 Å². The van der Waals surface area contributed by atoms with Gasteiger partial charge in [-0.2, -0.15) is 0 Å². The summed E-state index contributed by atoms with van der Waals surface area (Å²) in [5, 5.41) is 6.09.